The molecule has 1 atom stereocenters. The predicted octanol–water partition coefficient (Wildman–Crippen LogP) is 1.21. The first kappa shape index (κ1) is 15.0. The molecule has 0 aliphatic heterocycles. The number of nitrogens with one attached hydrogen (secondary N) is 1. The Balaban J connectivity index is 3.01. The minimum Gasteiger partial charge on any atom is -0.399 e. The highest BCUT2D eigenvalue weighted by Gasteiger charge is 2.31. The molecule has 5 heteroatoms. The fourth-order valence-electron chi connectivity index (χ4n) is 1.81. The fourth-order valence-corrected chi connectivity index (χ4v) is 1.81. The monoisotopic (exact) mass is 263 g/mol. The third-order valence-electron chi connectivity index (χ3n) is 2.93. The zero-order valence-electron chi connectivity index (χ0n) is 11.8. The van der Waals surface area contributed by atoms with Gasteiger partial charge >= 0.3 is 0 Å². The van der Waals surface area contributed by atoms with Crippen LogP contribution in [0.2, 0.25) is 0 Å². The molecule has 0 aliphatic rings. The number of nitrogens with two attached hydrogens (primary N) is 2. The maximum Gasteiger partial charge on any atom is 0.252 e. The third-order valence-corrected chi connectivity index (χ3v) is 2.93. The molecule has 0 saturated carbocycles. The Morgan fingerprint density at radius 1 is 1.26 bits per heavy atom. The first-order valence-electron chi connectivity index (χ1n) is 6.09. The summed E-state index contributed by atoms with van der Waals surface area (Å²) in [5.74, 6) is -0.897. The summed E-state index contributed by atoms with van der Waals surface area (Å²) in [5.41, 5.74) is 12.3. The van der Waals surface area contributed by atoms with Crippen LogP contribution in [0, 0.1) is 12.3 Å². The molecule has 0 fully saturated rings. The van der Waals surface area contributed by atoms with Gasteiger partial charge in [-0.25, -0.2) is 0 Å². The lowest BCUT2D eigenvalue weighted by Gasteiger charge is -2.28. The van der Waals surface area contributed by atoms with Gasteiger partial charge in [0.2, 0.25) is 5.91 Å². The molecule has 1 unspecified atom stereocenters. The van der Waals surface area contributed by atoms with Crippen molar-refractivity contribution < 1.29 is 9.59 Å². The number of primary amides is 1. The van der Waals surface area contributed by atoms with E-state index in [0.717, 1.165) is 5.56 Å². The van der Waals surface area contributed by atoms with Crippen LogP contribution in [0.5, 0.6) is 0 Å². The summed E-state index contributed by atoms with van der Waals surface area (Å²) in [4.78, 5) is 23.7. The number of carbonyl (C=O) groups excluding carboxylic acids is 2. The number of benzene rings is 1. The van der Waals surface area contributed by atoms with E-state index in [1.165, 1.54) is 0 Å². The summed E-state index contributed by atoms with van der Waals surface area (Å²) in [6.07, 6.45) is 0. The van der Waals surface area contributed by atoms with Crippen LogP contribution in [-0.4, -0.2) is 17.9 Å². The van der Waals surface area contributed by atoms with Crippen molar-refractivity contribution in [1.82, 2.24) is 5.32 Å². The second-order valence-corrected chi connectivity index (χ2v) is 5.75. The lowest BCUT2D eigenvalue weighted by molar-refractivity contribution is -0.122. The van der Waals surface area contributed by atoms with Gasteiger partial charge in [-0.3, -0.25) is 9.59 Å². The molecule has 0 aliphatic carbocycles. The lowest BCUT2D eigenvalue weighted by atomic mass is 9.86. The molecule has 5 N–H and O–H groups in total. The minimum absolute atomic E-state index is 0.344. The van der Waals surface area contributed by atoms with Crippen LogP contribution in [0.15, 0.2) is 18.2 Å². The van der Waals surface area contributed by atoms with Crippen LogP contribution >= 0.6 is 0 Å². The van der Waals surface area contributed by atoms with Crippen molar-refractivity contribution in [1.29, 1.82) is 0 Å². The van der Waals surface area contributed by atoms with Crippen LogP contribution in [0.25, 0.3) is 0 Å². The first-order chi connectivity index (χ1) is 8.62. The summed E-state index contributed by atoms with van der Waals surface area (Å²) in [5, 5.41) is 2.67. The number of amides is 2. The van der Waals surface area contributed by atoms with Crippen molar-refractivity contribution in [3.8, 4) is 0 Å². The van der Waals surface area contributed by atoms with Gasteiger partial charge in [0, 0.05) is 11.3 Å². The summed E-state index contributed by atoms with van der Waals surface area (Å²) in [6, 6.07) is 4.34. The fraction of sp³-hybridized carbons (Fsp3) is 0.429. The Morgan fingerprint density at radius 2 is 1.84 bits per heavy atom. The summed E-state index contributed by atoms with van der Waals surface area (Å²) >= 11 is 0. The van der Waals surface area contributed by atoms with Crippen molar-refractivity contribution >= 4 is 17.5 Å². The molecule has 1 aromatic carbocycles. The summed E-state index contributed by atoms with van der Waals surface area (Å²) < 4.78 is 0. The van der Waals surface area contributed by atoms with Gasteiger partial charge < -0.3 is 16.8 Å². The molecular weight excluding hydrogens is 242 g/mol. The Labute approximate surface area is 113 Å². The zero-order valence-corrected chi connectivity index (χ0v) is 11.8. The van der Waals surface area contributed by atoms with Crippen molar-refractivity contribution in [2.45, 2.75) is 33.7 Å². The average Bonchev–Trinajstić information content (AvgIpc) is 2.26. The SMILES string of the molecule is Cc1ccc(N)cc1C(=O)NC(C(N)=O)C(C)(C)C. The van der Waals surface area contributed by atoms with E-state index in [4.69, 9.17) is 11.5 Å². The highest BCUT2D eigenvalue weighted by atomic mass is 16.2. The largest absolute Gasteiger partial charge is 0.399 e. The predicted molar refractivity (Wildman–Crippen MR) is 75.5 cm³/mol. The van der Waals surface area contributed by atoms with Gasteiger partial charge in [0.05, 0.1) is 0 Å². The van der Waals surface area contributed by atoms with Crippen molar-refractivity contribution in [3.63, 3.8) is 0 Å². The molecule has 19 heavy (non-hydrogen) atoms. The summed E-state index contributed by atoms with van der Waals surface area (Å²) in [6.45, 7) is 7.34. The molecule has 1 rings (SSSR count). The average molecular weight is 263 g/mol. The highest BCUT2D eigenvalue weighted by Crippen LogP contribution is 2.20. The van der Waals surface area contributed by atoms with Crippen LogP contribution < -0.4 is 16.8 Å². The zero-order chi connectivity index (χ0) is 14.8. The Kier molecular flexibility index (Phi) is 4.19. The molecule has 0 bridgehead atoms. The third kappa shape index (κ3) is 3.71. The van der Waals surface area contributed by atoms with E-state index < -0.39 is 17.4 Å². The molecule has 0 heterocycles. The highest BCUT2D eigenvalue weighted by molar-refractivity contribution is 5.99. The van der Waals surface area contributed by atoms with Gasteiger partial charge in [-0.1, -0.05) is 26.8 Å². The number of hydrogen-bond acceptors (Lipinski definition) is 3. The minimum atomic E-state index is -0.735. The van der Waals surface area contributed by atoms with E-state index in [1.807, 2.05) is 27.7 Å². The van der Waals surface area contributed by atoms with Gasteiger partial charge in [-0.15, -0.1) is 0 Å². The quantitative estimate of drug-likeness (QED) is 0.715. The number of carbonyl (C=O) groups is 2. The summed E-state index contributed by atoms with van der Waals surface area (Å²) in [7, 11) is 0. The topological polar surface area (TPSA) is 98.2 Å². The maximum atomic E-state index is 12.2. The van der Waals surface area contributed by atoms with Gasteiger partial charge in [-0.05, 0) is 30.0 Å². The van der Waals surface area contributed by atoms with E-state index in [-0.39, 0.29) is 5.91 Å². The maximum absolute atomic E-state index is 12.2. The van der Waals surface area contributed by atoms with Crippen LogP contribution in [-0.2, 0) is 4.79 Å². The Morgan fingerprint density at radius 3 is 2.32 bits per heavy atom. The number of hydrogen-bond donors (Lipinski definition) is 3. The molecule has 0 spiro atoms. The molecule has 0 aromatic heterocycles. The number of rotatable bonds is 3. The van der Waals surface area contributed by atoms with Gasteiger partial charge in [0.1, 0.15) is 6.04 Å². The first-order valence-corrected chi connectivity index (χ1v) is 6.09. The van der Waals surface area contributed by atoms with E-state index in [9.17, 15) is 9.59 Å². The second-order valence-electron chi connectivity index (χ2n) is 5.75. The molecular formula is C14H21N3O2. The molecule has 5 nitrogen and oxygen atoms in total. The standard InChI is InChI=1S/C14H21N3O2/c1-8-5-6-9(15)7-10(8)13(19)17-11(12(16)18)14(2,3)4/h5-7,11H,15H2,1-4H3,(H2,16,18)(H,17,19). The van der Waals surface area contributed by atoms with E-state index in [2.05, 4.69) is 5.32 Å². The molecule has 0 saturated heterocycles. The van der Waals surface area contributed by atoms with Crippen molar-refractivity contribution in [3.05, 3.63) is 29.3 Å². The van der Waals surface area contributed by atoms with Crippen molar-refractivity contribution in [2.24, 2.45) is 11.1 Å². The molecule has 104 valence electrons. The Bertz CT molecular complexity index is 504. The van der Waals surface area contributed by atoms with Crippen LogP contribution in [0.4, 0.5) is 5.69 Å². The molecule has 1 aromatic rings. The van der Waals surface area contributed by atoms with Gasteiger partial charge in [0.25, 0.3) is 5.91 Å². The molecule has 2 amide bonds. The van der Waals surface area contributed by atoms with Crippen LogP contribution in [0.3, 0.4) is 0 Å². The lowest BCUT2D eigenvalue weighted by Crippen LogP contribution is -2.52. The van der Waals surface area contributed by atoms with E-state index in [1.54, 1.807) is 18.2 Å². The smallest absolute Gasteiger partial charge is 0.252 e. The van der Waals surface area contributed by atoms with E-state index in [0.29, 0.717) is 11.3 Å². The van der Waals surface area contributed by atoms with Crippen molar-refractivity contribution in [2.75, 3.05) is 5.73 Å². The number of nitrogen functional groups attached to an aromatic ring is 1. The normalized spacial score (nSPS) is 12.8. The number of anilines is 1. The molecule has 0 radical (unpaired) electrons. The van der Waals surface area contributed by atoms with Gasteiger partial charge in [-0.2, -0.15) is 0 Å². The number of aryl methyl sites for hydroxylation is 1. The van der Waals surface area contributed by atoms with E-state index >= 15 is 0 Å². The van der Waals surface area contributed by atoms with Gasteiger partial charge in [0.15, 0.2) is 0 Å². The second kappa shape index (κ2) is 5.30. The Hall–Kier alpha value is -2.04. The van der Waals surface area contributed by atoms with Crippen LogP contribution in [0.1, 0.15) is 36.7 Å².